The first-order valence-corrected chi connectivity index (χ1v) is 4.97. The minimum atomic E-state index is 0.217. The van der Waals surface area contributed by atoms with E-state index in [1.807, 2.05) is 14.0 Å². The quantitative estimate of drug-likeness (QED) is 0.741. The van der Waals surface area contributed by atoms with Gasteiger partial charge in [0.25, 0.3) is 0 Å². The van der Waals surface area contributed by atoms with Crippen molar-refractivity contribution in [1.29, 1.82) is 5.26 Å². The molecule has 1 aliphatic heterocycles. The first kappa shape index (κ1) is 9.99. The highest BCUT2D eigenvalue weighted by molar-refractivity contribution is 5.58. The van der Waals surface area contributed by atoms with Crippen molar-refractivity contribution in [2.75, 3.05) is 24.6 Å². The average Bonchev–Trinajstić information content (AvgIpc) is 2.40. The summed E-state index contributed by atoms with van der Waals surface area (Å²) in [6.07, 6.45) is 0. The summed E-state index contributed by atoms with van der Waals surface area (Å²) in [5.74, 6) is 1.21. The third-order valence-electron chi connectivity index (χ3n) is 2.82. The fraction of sp³-hybridized carbons (Fsp3) is 0.600. The summed E-state index contributed by atoms with van der Waals surface area (Å²) < 4.78 is 1.74. The van der Waals surface area contributed by atoms with E-state index >= 15 is 0 Å². The molecule has 0 amide bonds. The molecule has 2 heterocycles. The van der Waals surface area contributed by atoms with Crippen LogP contribution in [0.2, 0.25) is 0 Å². The lowest BCUT2D eigenvalue weighted by atomic mass is 10.0. The predicted molar refractivity (Wildman–Crippen MR) is 55.4 cm³/mol. The van der Waals surface area contributed by atoms with Crippen LogP contribution >= 0.6 is 0 Å². The zero-order valence-electron chi connectivity index (χ0n) is 8.93. The summed E-state index contributed by atoms with van der Waals surface area (Å²) in [4.78, 5) is 2.08. The Balaban J connectivity index is 2.26. The van der Waals surface area contributed by atoms with E-state index in [0.717, 1.165) is 24.6 Å². The van der Waals surface area contributed by atoms with Gasteiger partial charge in [-0.3, -0.25) is 4.68 Å². The third kappa shape index (κ3) is 1.47. The van der Waals surface area contributed by atoms with Gasteiger partial charge in [0.05, 0.1) is 5.69 Å². The highest BCUT2D eigenvalue weighted by Crippen LogP contribution is 2.28. The maximum Gasteiger partial charge on any atom is 0.144 e. The first-order valence-electron chi connectivity index (χ1n) is 4.97. The van der Waals surface area contributed by atoms with Gasteiger partial charge in [-0.15, -0.1) is 0 Å². The molecule has 15 heavy (non-hydrogen) atoms. The van der Waals surface area contributed by atoms with E-state index in [0.29, 0.717) is 11.5 Å². The number of hydrogen-bond acceptors (Lipinski definition) is 4. The maximum atomic E-state index is 9.02. The van der Waals surface area contributed by atoms with Crippen molar-refractivity contribution < 1.29 is 5.11 Å². The van der Waals surface area contributed by atoms with Crippen LogP contribution in [0.4, 0.5) is 5.82 Å². The molecule has 1 fully saturated rings. The van der Waals surface area contributed by atoms with E-state index in [9.17, 15) is 0 Å². The van der Waals surface area contributed by atoms with Crippen molar-refractivity contribution in [3.05, 3.63) is 11.3 Å². The number of aromatic nitrogens is 2. The van der Waals surface area contributed by atoms with Gasteiger partial charge in [-0.05, 0) is 6.92 Å². The number of anilines is 1. The Bertz CT molecular complexity index is 412. The van der Waals surface area contributed by atoms with Gasteiger partial charge in [-0.2, -0.15) is 10.4 Å². The molecular formula is C10H14N4O. The van der Waals surface area contributed by atoms with Gasteiger partial charge >= 0.3 is 0 Å². The molecule has 5 heteroatoms. The zero-order chi connectivity index (χ0) is 11.0. The van der Waals surface area contributed by atoms with Crippen LogP contribution in [-0.4, -0.2) is 34.6 Å². The van der Waals surface area contributed by atoms with Crippen molar-refractivity contribution in [2.45, 2.75) is 6.92 Å². The molecule has 0 atom stereocenters. The lowest BCUT2D eigenvalue weighted by Crippen LogP contribution is -2.49. The number of aliphatic hydroxyl groups is 1. The SMILES string of the molecule is Cc1nn(C)c(N2CC(CO)C2)c1C#N. The number of nitriles is 1. The van der Waals surface area contributed by atoms with Crippen molar-refractivity contribution in [1.82, 2.24) is 9.78 Å². The molecule has 0 radical (unpaired) electrons. The maximum absolute atomic E-state index is 9.02. The molecule has 1 aliphatic rings. The molecule has 0 bridgehead atoms. The highest BCUT2D eigenvalue weighted by Gasteiger charge is 2.30. The van der Waals surface area contributed by atoms with Crippen LogP contribution in [0, 0.1) is 24.2 Å². The normalized spacial score (nSPS) is 16.3. The Morgan fingerprint density at radius 1 is 1.60 bits per heavy atom. The van der Waals surface area contributed by atoms with Crippen LogP contribution in [-0.2, 0) is 7.05 Å². The lowest BCUT2D eigenvalue weighted by molar-refractivity contribution is 0.199. The van der Waals surface area contributed by atoms with Crippen molar-refractivity contribution in [2.24, 2.45) is 13.0 Å². The Morgan fingerprint density at radius 3 is 2.80 bits per heavy atom. The van der Waals surface area contributed by atoms with Crippen LogP contribution in [0.25, 0.3) is 0 Å². The van der Waals surface area contributed by atoms with Crippen LogP contribution in [0.15, 0.2) is 0 Å². The van der Waals surface area contributed by atoms with E-state index < -0.39 is 0 Å². The zero-order valence-corrected chi connectivity index (χ0v) is 8.93. The number of aryl methyl sites for hydroxylation is 2. The Morgan fingerprint density at radius 2 is 2.27 bits per heavy atom. The molecule has 0 saturated carbocycles. The Labute approximate surface area is 88.5 Å². The van der Waals surface area contributed by atoms with E-state index in [2.05, 4.69) is 16.1 Å². The topological polar surface area (TPSA) is 65.1 Å². The molecule has 1 N–H and O–H groups in total. The third-order valence-corrected chi connectivity index (χ3v) is 2.82. The van der Waals surface area contributed by atoms with Gasteiger partial charge in [-0.1, -0.05) is 0 Å². The fourth-order valence-electron chi connectivity index (χ4n) is 2.00. The van der Waals surface area contributed by atoms with Gasteiger partial charge in [0.15, 0.2) is 0 Å². The van der Waals surface area contributed by atoms with Gasteiger partial charge in [0.2, 0.25) is 0 Å². The van der Waals surface area contributed by atoms with Crippen molar-refractivity contribution in [3.63, 3.8) is 0 Å². The van der Waals surface area contributed by atoms with Crippen molar-refractivity contribution in [3.8, 4) is 6.07 Å². The van der Waals surface area contributed by atoms with Gasteiger partial charge in [-0.25, -0.2) is 0 Å². The summed E-state index contributed by atoms with van der Waals surface area (Å²) in [6.45, 7) is 3.68. The van der Waals surface area contributed by atoms with E-state index in [4.69, 9.17) is 10.4 Å². The molecule has 2 rings (SSSR count). The number of nitrogens with zero attached hydrogens (tertiary/aromatic N) is 4. The molecule has 0 aliphatic carbocycles. The summed E-state index contributed by atoms with van der Waals surface area (Å²) in [7, 11) is 1.84. The number of hydrogen-bond donors (Lipinski definition) is 1. The molecule has 80 valence electrons. The lowest BCUT2D eigenvalue weighted by Gasteiger charge is -2.39. The summed E-state index contributed by atoms with van der Waals surface area (Å²) in [6, 6.07) is 2.18. The van der Waals surface area contributed by atoms with Gasteiger partial charge < -0.3 is 10.0 Å². The highest BCUT2D eigenvalue weighted by atomic mass is 16.3. The van der Waals surface area contributed by atoms with Crippen LogP contribution in [0.1, 0.15) is 11.3 Å². The Hall–Kier alpha value is -1.54. The molecule has 1 aromatic rings. The molecule has 0 unspecified atom stereocenters. The molecular weight excluding hydrogens is 192 g/mol. The molecule has 5 nitrogen and oxygen atoms in total. The fourth-order valence-corrected chi connectivity index (χ4v) is 2.00. The van der Waals surface area contributed by atoms with E-state index in [1.54, 1.807) is 4.68 Å². The molecule has 1 aromatic heterocycles. The minimum absolute atomic E-state index is 0.217. The average molecular weight is 206 g/mol. The largest absolute Gasteiger partial charge is 0.396 e. The summed E-state index contributed by atoms with van der Waals surface area (Å²) in [5, 5.41) is 22.2. The Kier molecular flexibility index (Phi) is 2.37. The standard InChI is InChI=1S/C10H14N4O/c1-7-9(3-11)10(13(2)12-7)14-4-8(5-14)6-15/h8,15H,4-6H2,1-2H3. The molecule has 1 saturated heterocycles. The number of aliphatic hydroxyl groups excluding tert-OH is 1. The first-order chi connectivity index (χ1) is 7.17. The number of rotatable bonds is 2. The molecule has 0 aromatic carbocycles. The predicted octanol–water partition coefficient (Wildman–Crippen LogP) is 0.0287. The summed E-state index contributed by atoms with van der Waals surface area (Å²) >= 11 is 0. The van der Waals surface area contributed by atoms with E-state index in [1.165, 1.54) is 0 Å². The monoisotopic (exact) mass is 206 g/mol. The van der Waals surface area contributed by atoms with Gasteiger partial charge in [0, 0.05) is 32.7 Å². The summed E-state index contributed by atoms with van der Waals surface area (Å²) in [5.41, 5.74) is 1.41. The second kappa shape index (κ2) is 3.55. The van der Waals surface area contributed by atoms with Crippen LogP contribution in [0.5, 0.6) is 0 Å². The second-order valence-corrected chi connectivity index (χ2v) is 3.97. The van der Waals surface area contributed by atoms with Crippen LogP contribution in [0.3, 0.4) is 0 Å². The van der Waals surface area contributed by atoms with Gasteiger partial charge in [0.1, 0.15) is 17.5 Å². The second-order valence-electron chi connectivity index (χ2n) is 3.97. The minimum Gasteiger partial charge on any atom is -0.396 e. The van der Waals surface area contributed by atoms with Crippen LogP contribution < -0.4 is 4.90 Å². The van der Waals surface area contributed by atoms with Crippen molar-refractivity contribution >= 4 is 5.82 Å². The molecule has 0 spiro atoms. The smallest absolute Gasteiger partial charge is 0.144 e. The van der Waals surface area contributed by atoms with E-state index in [-0.39, 0.29) is 6.61 Å².